The summed E-state index contributed by atoms with van der Waals surface area (Å²) in [4.78, 5) is 0. The maximum atomic E-state index is 3.57. The van der Waals surface area contributed by atoms with E-state index < -0.39 is 0 Å². The molecule has 0 aliphatic heterocycles. The molecule has 0 aromatic rings. The summed E-state index contributed by atoms with van der Waals surface area (Å²) in [5.41, 5.74) is 0. The molecule has 1 nitrogen and oxygen atoms in total. The maximum absolute atomic E-state index is 3.57. The minimum Gasteiger partial charge on any atom is -0.312 e. The van der Waals surface area contributed by atoms with Gasteiger partial charge in [0.2, 0.25) is 0 Å². The van der Waals surface area contributed by atoms with Crippen molar-refractivity contribution < 1.29 is 0 Å². The zero-order chi connectivity index (χ0) is 7.98. The lowest BCUT2D eigenvalue weighted by Crippen LogP contribution is -2.35. The maximum Gasteiger partial charge on any atom is 0.00642 e. The number of rotatable bonds is 5. The van der Waals surface area contributed by atoms with Crippen molar-refractivity contribution in [1.29, 1.82) is 0 Å². The van der Waals surface area contributed by atoms with Crippen LogP contribution in [0, 0.1) is 0 Å². The van der Waals surface area contributed by atoms with Gasteiger partial charge in [0.1, 0.15) is 0 Å². The summed E-state index contributed by atoms with van der Waals surface area (Å²) in [6.45, 7) is 8.95. The monoisotopic (exact) mass is 143 g/mol. The minimum absolute atomic E-state index is 0.685. The van der Waals surface area contributed by atoms with E-state index in [-0.39, 0.29) is 0 Å². The van der Waals surface area contributed by atoms with E-state index >= 15 is 0 Å². The largest absolute Gasteiger partial charge is 0.312 e. The van der Waals surface area contributed by atoms with Gasteiger partial charge in [-0.05, 0) is 26.2 Å². The highest BCUT2D eigenvalue weighted by Crippen LogP contribution is 1.99. The van der Waals surface area contributed by atoms with E-state index in [9.17, 15) is 0 Å². The van der Waals surface area contributed by atoms with Gasteiger partial charge in [-0.2, -0.15) is 0 Å². The first-order valence-electron chi connectivity index (χ1n) is 4.50. The summed E-state index contributed by atoms with van der Waals surface area (Å²) in [6, 6.07) is 1.42. The zero-order valence-corrected chi connectivity index (χ0v) is 7.78. The van der Waals surface area contributed by atoms with Crippen LogP contribution < -0.4 is 5.32 Å². The van der Waals surface area contributed by atoms with Crippen LogP contribution in [-0.4, -0.2) is 12.1 Å². The zero-order valence-electron chi connectivity index (χ0n) is 7.78. The van der Waals surface area contributed by atoms with Crippen molar-refractivity contribution in [3.05, 3.63) is 0 Å². The van der Waals surface area contributed by atoms with Crippen LogP contribution in [0.25, 0.3) is 0 Å². The summed E-state index contributed by atoms with van der Waals surface area (Å²) in [5, 5.41) is 3.57. The molecule has 0 amide bonds. The lowest BCUT2D eigenvalue weighted by Gasteiger charge is -2.19. The number of nitrogens with one attached hydrogen (secondary N) is 1. The average molecular weight is 143 g/mol. The van der Waals surface area contributed by atoms with Gasteiger partial charge in [0.05, 0.1) is 0 Å². The molecular formula is C9H21N. The Kier molecular flexibility index (Phi) is 5.70. The number of hydrogen-bond donors (Lipinski definition) is 1. The predicted molar refractivity (Wildman–Crippen MR) is 47.3 cm³/mol. The van der Waals surface area contributed by atoms with Crippen LogP contribution in [0.1, 0.15) is 47.0 Å². The van der Waals surface area contributed by atoms with Crippen LogP contribution in [-0.2, 0) is 0 Å². The fourth-order valence-corrected chi connectivity index (χ4v) is 1.04. The summed E-state index contributed by atoms with van der Waals surface area (Å²) in [7, 11) is 0. The first-order valence-corrected chi connectivity index (χ1v) is 4.50. The number of hydrogen-bond acceptors (Lipinski definition) is 1. The quantitative estimate of drug-likeness (QED) is 0.623. The van der Waals surface area contributed by atoms with E-state index in [2.05, 4.69) is 33.0 Å². The third kappa shape index (κ3) is 3.89. The molecule has 1 heteroatoms. The van der Waals surface area contributed by atoms with Crippen molar-refractivity contribution >= 4 is 0 Å². The molecule has 0 aromatic carbocycles. The average Bonchev–Trinajstić information content (AvgIpc) is 1.99. The van der Waals surface area contributed by atoms with Gasteiger partial charge in [0.25, 0.3) is 0 Å². The van der Waals surface area contributed by atoms with Crippen LogP contribution in [0.4, 0.5) is 0 Å². The Hall–Kier alpha value is -0.0400. The molecule has 10 heavy (non-hydrogen) atoms. The van der Waals surface area contributed by atoms with Gasteiger partial charge >= 0.3 is 0 Å². The summed E-state index contributed by atoms with van der Waals surface area (Å²) in [5.74, 6) is 0. The van der Waals surface area contributed by atoms with Gasteiger partial charge in [0.15, 0.2) is 0 Å². The van der Waals surface area contributed by atoms with Crippen LogP contribution in [0.3, 0.4) is 0 Å². The molecule has 0 saturated carbocycles. The van der Waals surface area contributed by atoms with Gasteiger partial charge in [0, 0.05) is 12.1 Å². The molecule has 0 saturated heterocycles. The molecule has 0 aliphatic rings. The molecule has 0 spiro atoms. The van der Waals surface area contributed by atoms with Crippen molar-refractivity contribution in [2.45, 2.75) is 59.0 Å². The molecule has 1 N–H and O–H groups in total. The van der Waals surface area contributed by atoms with E-state index in [0.717, 1.165) is 6.04 Å². The van der Waals surface area contributed by atoms with Gasteiger partial charge in [-0.25, -0.2) is 0 Å². The summed E-state index contributed by atoms with van der Waals surface area (Å²) in [6.07, 6.45) is 3.73. The van der Waals surface area contributed by atoms with Gasteiger partial charge < -0.3 is 5.32 Å². The van der Waals surface area contributed by atoms with E-state index in [1.807, 2.05) is 0 Å². The Morgan fingerprint density at radius 1 is 1.00 bits per heavy atom. The molecule has 0 bridgehead atoms. The minimum atomic E-state index is 0.685. The molecule has 1 atom stereocenters. The Balaban J connectivity index is 3.41. The molecule has 0 heterocycles. The van der Waals surface area contributed by atoms with Gasteiger partial charge in [-0.3, -0.25) is 0 Å². The molecule has 0 aliphatic carbocycles. The summed E-state index contributed by atoms with van der Waals surface area (Å²) >= 11 is 0. The van der Waals surface area contributed by atoms with Gasteiger partial charge in [-0.1, -0.05) is 20.8 Å². The Morgan fingerprint density at radius 3 is 1.80 bits per heavy atom. The van der Waals surface area contributed by atoms with Crippen LogP contribution >= 0.6 is 0 Å². The van der Waals surface area contributed by atoms with E-state index in [1.165, 1.54) is 19.3 Å². The second kappa shape index (κ2) is 5.72. The van der Waals surface area contributed by atoms with Crippen molar-refractivity contribution in [3.8, 4) is 0 Å². The standard InChI is InChI=1S/C9H21N/c1-5-8(4)10-9(6-2)7-3/h8-10H,5-7H2,1-4H3/t8-/m0/s1. The highest BCUT2D eigenvalue weighted by Gasteiger charge is 2.04. The normalized spacial score (nSPS) is 14.1. The summed E-state index contributed by atoms with van der Waals surface area (Å²) < 4.78 is 0. The Labute approximate surface area is 65.2 Å². The molecule has 62 valence electrons. The van der Waals surface area contributed by atoms with Crippen LogP contribution in [0.5, 0.6) is 0 Å². The molecule has 0 rings (SSSR count). The van der Waals surface area contributed by atoms with Crippen molar-refractivity contribution in [2.75, 3.05) is 0 Å². The van der Waals surface area contributed by atoms with Crippen molar-refractivity contribution in [3.63, 3.8) is 0 Å². The SMILES string of the molecule is CCC(CC)N[C@@H](C)CC. The van der Waals surface area contributed by atoms with E-state index in [1.54, 1.807) is 0 Å². The third-order valence-electron chi connectivity index (χ3n) is 2.12. The topological polar surface area (TPSA) is 12.0 Å². The van der Waals surface area contributed by atoms with Crippen molar-refractivity contribution in [2.24, 2.45) is 0 Å². The molecule has 0 fully saturated rings. The van der Waals surface area contributed by atoms with Crippen LogP contribution in [0.15, 0.2) is 0 Å². The fraction of sp³-hybridized carbons (Fsp3) is 1.00. The van der Waals surface area contributed by atoms with Gasteiger partial charge in [-0.15, -0.1) is 0 Å². The highest BCUT2D eigenvalue weighted by molar-refractivity contribution is 4.66. The molecule has 0 unspecified atom stereocenters. The lowest BCUT2D eigenvalue weighted by atomic mass is 10.1. The van der Waals surface area contributed by atoms with Crippen LogP contribution in [0.2, 0.25) is 0 Å². The van der Waals surface area contributed by atoms with E-state index in [0.29, 0.717) is 6.04 Å². The highest BCUT2D eigenvalue weighted by atomic mass is 14.9. The Morgan fingerprint density at radius 2 is 1.50 bits per heavy atom. The molecule has 0 aromatic heterocycles. The molecule has 0 radical (unpaired) electrons. The predicted octanol–water partition coefficient (Wildman–Crippen LogP) is 2.56. The van der Waals surface area contributed by atoms with Crippen molar-refractivity contribution in [1.82, 2.24) is 5.32 Å². The Bertz CT molecular complexity index is 67.1. The second-order valence-electron chi connectivity index (χ2n) is 2.99. The lowest BCUT2D eigenvalue weighted by molar-refractivity contribution is 0.417. The third-order valence-corrected chi connectivity index (χ3v) is 2.12. The first kappa shape index (κ1) is 9.96. The smallest absolute Gasteiger partial charge is 0.00642 e. The fourth-order valence-electron chi connectivity index (χ4n) is 1.04. The first-order chi connectivity index (χ1) is 4.74. The molecular weight excluding hydrogens is 122 g/mol. The van der Waals surface area contributed by atoms with E-state index in [4.69, 9.17) is 0 Å². The second-order valence-corrected chi connectivity index (χ2v) is 2.99.